The monoisotopic (exact) mass is 220 g/mol. The SMILES string of the molecule is CCC(C)c1ccc(NCC(C)(C)N)cc1. The highest BCUT2D eigenvalue weighted by molar-refractivity contribution is 5.45. The lowest BCUT2D eigenvalue weighted by Crippen LogP contribution is -2.39. The maximum absolute atomic E-state index is 5.92. The zero-order valence-electron chi connectivity index (χ0n) is 10.9. The van der Waals surface area contributed by atoms with Gasteiger partial charge < -0.3 is 11.1 Å². The molecule has 1 aromatic carbocycles. The number of rotatable bonds is 5. The Kier molecular flexibility index (Phi) is 4.36. The lowest BCUT2D eigenvalue weighted by Gasteiger charge is -2.20. The molecule has 0 amide bonds. The van der Waals surface area contributed by atoms with E-state index in [1.165, 1.54) is 12.0 Å². The van der Waals surface area contributed by atoms with Crippen LogP contribution >= 0.6 is 0 Å². The Morgan fingerprint density at radius 2 is 1.81 bits per heavy atom. The normalized spacial score (nSPS) is 13.6. The van der Waals surface area contributed by atoms with Crippen LogP contribution in [0.1, 0.15) is 45.6 Å². The van der Waals surface area contributed by atoms with Crippen molar-refractivity contribution in [1.29, 1.82) is 0 Å². The van der Waals surface area contributed by atoms with Crippen molar-refractivity contribution in [3.63, 3.8) is 0 Å². The second kappa shape index (κ2) is 5.35. The van der Waals surface area contributed by atoms with Gasteiger partial charge in [-0.25, -0.2) is 0 Å². The lowest BCUT2D eigenvalue weighted by molar-refractivity contribution is 0.549. The van der Waals surface area contributed by atoms with Gasteiger partial charge in [-0.2, -0.15) is 0 Å². The maximum Gasteiger partial charge on any atom is 0.0340 e. The molecule has 90 valence electrons. The van der Waals surface area contributed by atoms with Crippen LogP contribution in [0.5, 0.6) is 0 Å². The van der Waals surface area contributed by atoms with Crippen LogP contribution in [0, 0.1) is 0 Å². The van der Waals surface area contributed by atoms with E-state index in [1.807, 2.05) is 13.8 Å². The first-order valence-electron chi connectivity index (χ1n) is 6.05. The van der Waals surface area contributed by atoms with Gasteiger partial charge in [0.2, 0.25) is 0 Å². The molecule has 1 aromatic rings. The van der Waals surface area contributed by atoms with Crippen LogP contribution in [0.2, 0.25) is 0 Å². The molecule has 3 N–H and O–H groups in total. The van der Waals surface area contributed by atoms with Crippen molar-refractivity contribution in [3.05, 3.63) is 29.8 Å². The highest BCUT2D eigenvalue weighted by atomic mass is 14.9. The third kappa shape index (κ3) is 4.23. The number of anilines is 1. The second-order valence-electron chi connectivity index (χ2n) is 5.27. The van der Waals surface area contributed by atoms with Gasteiger partial charge in [0.05, 0.1) is 0 Å². The third-order valence-corrected chi connectivity index (χ3v) is 2.84. The van der Waals surface area contributed by atoms with Gasteiger partial charge in [0.15, 0.2) is 0 Å². The molecule has 1 rings (SSSR count). The summed E-state index contributed by atoms with van der Waals surface area (Å²) in [6, 6.07) is 8.65. The van der Waals surface area contributed by atoms with E-state index in [-0.39, 0.29) is 5.54 Å². The maximum atomic E-state index is 5.92. The van der Waals surface area contributed by atoms with Crippen LogP contribution in [0.25, 0.3) is 0 Å². The highest BCUT2D eigenvalue weighted by Gasteiger charge is 2.09. The minimum atomic E-state index is -0.171. The van der Waals surface area contributed by atoms with Gasteiger partial charge in [0.1, 0.15) is 0 Å². The fourth-order valence-electron chi connectivity index (χ4n) is 1.50. The molecule has 0 spiro atoms. The molecule has 16 heavy (non-hydrogen) atoms. The number of hydrogen-bond donors (Lipinski definition) is 2. The van der Waals surface area contributed by atoms with Crippen molar-refractivity contribution < 1.29 is 0 Å². The van der Waals surface area contributed by atoms with Gasteiger partial charge in [-0.05, 0) is 43.9 Å². The first kappa shape index (κ1) is 13.0. The summed E-state index contributed by atoms with van der Waals surface area (Å²) < 4.78 is 0. The minimum absolute atomic E-state index is 0.171. The van der Waals surface area contributed by atoms with Crippen molar-refractivity contribution in [1.82, 2.24) is 0 Å². The number of nitrogens with two attached hydrogens (primary N) is 1. The van der Waals surface area contributed by atoms with Crippen LogP contribution in [0.15, 0.2) is 24.3 Å². The smallest absolute Gasteiger partial charge is 0.0340 e. The van der Waals surface area contributed by atoms with Gasteiger partial charge in [0, 0.05) is 17.8 Å². The molecule has 1 atom stereocenters. The minimum Gasteiger partial charge on any atom is -0.383 e. The Bertz CT molecular complexity index is 309. The quantitative estimate of drug-likeness (QED) is 0.798. The summed E-state index contributed by atoms with van der Waals surface area (Å²) in [6.45, 7) is 9.30. The standard InChI is InChI=1S/C14H24N2/c1-5-11(2)12-6-8-13(9-7-12)16-10-14(3,4)15/h6-9,11,16H,5,10,15H2,1-4H3. The summed E-state index contributed by atoms with van der Waals surface area (Å²) >= 11 is 0. The molecule has 2 heteroatoms. The van der Waals surface area contributed by atoms with Crippen LogP contribution < -0.4 is 11.1 Å². The summed E-state index contributed by atoms with van der Waals surface area (Å²) in [5.41, 5.74) is 8.30. The average Bonchev–Trinajstić information content (AvgIpc) is 2.25. The highest BCUT2D eigenvalue weighted by Crippen LogP contribution is 2.20. The van der Waals surface area contributed by atoms with E-state index in [0.29, 0.717) is 5.92 Å². The number of nitrogens with one attached hydrogen (secondary N) is 1. The van der Waals surface area contributed by atoms with Gasteiger partial charge >= 0.3 is 0 Å². The molecule has 0 aliphatic rings. The second-order valence-corrected chi connectivity index (χ2v) is 5.27. The zero-order chi connectivity index (χ0) is 12.2. The van der Waals surface area contributed by atoms with Crippen LogP contribution in [0.4, 0.5) is 5.69 Å². The van der Waals surface area contributed by atoms with Crippen molar-refractivity contribution in [3.8, 4) is 0 Å². The molecule has 0 saturated heterocycles. The molecular formula is C14H24N2. The molecule has 1 unspecified atom stereocenters. The predicted octanol–water partition coefficient (Wildman–Crippen LogP) is 3.35. The lowest BCUT2D eigenvalue weighted by atomic mass is 9.98. The van der Waals surface area contributed by atoms with Gasteiger partial charge in [-0.15, -0.1) is 0 Å². The fourth-order valence-corrected chi connectivity index (χ4v) is 1.50. The van der Waals surface area contributed by atoms with E-state index in [0.717, 1.165) is 12.2 Å². The van der Waals surface area contributed by atoms with Crippen LogP contribution in [-0.4, -0.2) is 12.1 Å². The van der Waals surface area contributed by atoms with Gasteiger partial charge in [-0.1, -0.05) is 26.0 Å². The van der Waals surface area contributed by atoms with E-state index in [4.69, 9.17) is 5.73 Å². The molecule has 0 aliphatic heterocycles. The summed E-state index contributed by atoms with van der Waals surface area (Å²) in [4.78, 5) is 0. The largest absolute Gasteiger partial charge is 0.383 e. The molecule has 0 saturated carbocycles. The van der Waals surface area contributed by atoms with E-state index < -0.39 is 0 Å². The predicted molar refractivity (Wildman–Crippen MR) is 71.9 cm³/mol. The average molecular weight is 220 g/mol. The number of benzene rings is 1. The Labute approximate surface area is 99.2 Å². The van der Waals surface area contributed by atoms with E-state index in [2.05, 4.69) is 43.4 Å². The first-order valence-corrected chi connectivity index (χ1v) is 6.05. The van der Waals surface area contributed by atoms with E-state index in [9.17, 15) is 0 Å². The molecule has 0 aliphatic carbocycles. The van der Waals surface area contributed by atoms with Gasteiger partial charge in [-0.3, -0.25) is 0 Å². The molecule has 0 heterocycles. The van der Waals surface area contributed by atoms with Crippen molar-refractivity contribution in [2.45, 2.75) is 45.6 Å². The Balaban J connectivity index is 2.58. The van der Waals surface area contributed by atoms with Crippen LogP contribution in [-0.2, 0) is 0 Å². The fraction of sp³-hybridized carbons (Fsp3) is 0.571. The van der Waals surface area contributed by atoms with Gasteiger partial charge in [0.25, 0.3) is 0 Å². The van der Waals surface area contributed by atoms with Crippen molar-refractivity contribution >= 4 is 5.69 Å². The summed E-state index contributed by atoms with van der Waals surface area (Å²) in [7, 11) is 0. The molecule has 0 aromatic heterocycles. The first-order chi connectivity index (χ1) is 7.42. The topological polar surface area (TPSA) is 38.0 Å². The number of hydrogen-bond acceptors (Lipinski definition) is 2. The Morgan fingerprint density at radius 1 is 1.25 bits per heavy atom. The molecule has 0 bridgehead atoms. The third-order valence-electron chi connectivity index (χ3n) is 2.84. The van der Waals surface area contributed by atoms with Crippen LogP contribution in [0.3, 0.4) is 0 Å². The summed E-state index contributed by atoms with van der Waals surface area (Å²) in [5.74, 6) is 0.639. The van der Waals surface area contributed by atoms with Crippen molar-refractivity contribution in [2.24, 2.45) is 5.73 Å². The molecular weight excluding hydrogens is 196 g/mol. The zero-order valence-corrected chi connectivity index (χ0v) is 10.9. The van der Waals surface area contributed by atoms with E-state index >= 15 is 0 Å². The molecule has 2 nitrogen and oxygen atoms in total. The van der Waals surface area contributed by atoms with Crippen molar-refractivity contribution in [2.75, 3.05) is 11.9 Å². The summed E-state index contributed by atoms with van der Waals surface area (Å²) in [6.07, 6.45) is 1.18. The van der Waals surface area contributed by atoms with E-state index in [1.54, 1.807) is 0 Å². The molecule has 0 fully saturated rings. The Morgan fingerprint density at radius 3 is 2.25 bits per heavy atom. The Hall–Kier alpha value is -1.02. The molecule has 0 radical (unpaired) electrons. The summed E-state index contributed by atoms with van der Waals surface area (Å²) in [5, 5.41) is 3.34.